The maximum Gasteiger partial charge on any atom is 0.201 e. The Labute approximate surface area is 84.6 Å². The topological polar surface area (TPSA) is 37.9 Å². The molecular formula is C8H6Cl2N2O. The molecule has 0 amide bonds. The third kappa shape index (κ3) is 1.45. The van der Waals surface area contributed by atoms with Crippen molar-refractivity contribution < 1.29 is 4.74 Å². The Morgan fingerprint density at radius 1 is 1.38 bits per heavy atom. The van der Waals surface area contributed by atoms with Gasteiger partial charge in [-0.25, -0.2) is 4.98 Å². The first-order valence-corrected chi connectivity index (χ1v) is 4.35. The summed E-state index contributed by atoms with van der Waals surface area (Å²) in [7, 11) is 1.56. The molecule has 2 aromatic rings. The predicted octanol–water partition coefficient (Wildman–Crippen LogP) is 2.88. The minimum Gasteiger partial charge on any atom is -0.495 e. The lowest BCUT2D eigenvalue weighted by atomic mass is 10.3. The average molecular weight is 217 g/mol. The highest BCUT2D eigenvalue weighted by Crippen LogP contribution is 2.29. The summed E-state index contributed by atoms with van der Waals surface area (Å²) >= 11 is 11.6. The van der Waals surface area contributed by atoms with Gasteiger partial charge in [-0.05, 0) is 17.7 Å². The van der Waals surface area contributed by atoms with Gasteiger partial charge in [0.15, 0.2) is 0 Å². The van der Waals surface area contributed by atoms with Crippen LogP contribution in [0.1, 0.15) is 0 Å². The van der Waals surface area contributed by atoms with Gasteiger partial charge in [-0.15, -0.1) is 0 Å². The van der Waals surface area contributed by atoms with Crippen molar-refractivity contribution in [2.45, 2.75) is 0 Å². The quantitative estimate of drug-likeness (QED) is 0.797. The summed E-state index contributed by atoms with van der Waals surface area (Å²) in [6.07, 6.45) is 0. The number of fused-ring (bicyclic) bond motifs is 1. The van der Waals surface area contributed by atoms with E-state index >= 15 is 0 Å². The zero-order valence-electron chi connectivity index (χ0n) is 6.77. The lowest BCUT2D eigenvalue weighted by Gasteiger charge is -2.00. The van der Waals surface area contributed by atoms with Crippen molar-refractivity contribution in [3.05, 3.63) is 22.4 Å². The van der Waals surface area contributed by atoms with Crippen LogP contribution < -0.4 is 4.74 Å². The normalized spacial score (nSPS) is 10.7. The van der Waals surface area contributed by atoms with Gasteiger partial charge in [0.1, 0.15) is 5.75 Å². The van der Waals surface area contributed by atoms with Crippen molar-refractivity contribution in [1.82, 2.24) is 9.97 Å². The number of methoxy groups -OCH3 is 1. The molecule has 0 aliphatic carbocycles. The molecule has 0 saturated heterocycles. The predicted molar refractivity (Wildman–Crippen MR) is 52.7 cm³/mol. The average Bonchev–Trinajstić information content (AvgIpc) is 2.42. The molecule has 0 fully saturated rings. The van der Waals surface area contributed by atoms with Gasteiger partial charge in [-0.2, -0.15) is 0 Å². The van der Waals surface area contributed by atoms with Crippen molar-refractivity contribution in [2.75, 3.05) is 7.11 Å². The van der Waals surface area contributed by atoms with E-state index in [0.717, 1.165) is 11.0 Å². The molecule has 13 heavy (non-hydrogen) atoms. The van der Waals surface area contributed by atoms with Crippen molar-refractivity contribution in [3.8, 4) is 5.75 Å². The van der Waals surface area contributed by atoms with Crippen molar-refractivity contribution >= 4 is 34.2 Å². The van der Waals surface area contributed by atoms with E-state index in [9.17, 15) is 0 Å². The summed E-state index contributed by atoms with van der Waals surface area (Å²) < 4.78 is 5.03. The van der Waals surface area contributed by atoms with Crippen LogP contribution in [-0.2, 0) is 0 Å². The van der Waals surface area contributed by atoms with Gasteiger partial charge in [0, 0.05) is 6.07 Å². The number of aromatic nitrogens is 2. The van der Waals surface area contributed by atoms with Crippen LogP contribution in [0.15, 0.2) is 12.1 Å². The SMILES string of the molecule is COc1cc2nc(Cl)[nH]c2cc1Cl. The first-order valence-electron chi connectivity index (χ1n) is 3.59. The maximum absolute atomic E-state index is 5.90. The molecule has 68 valence electrons. The fourth-order valence-corrected chi connectivity index (χ4v) is 1.57. The number of halogens is 2. The van der Waals surface area contributed by atoms with E-state index in [1.807, 2.05) is 0 Å². The van der Waals surface area contributed by atoms with Gasteiger partial charge in [0.2, 0.25) is 5.28 Å². The fraction of sp³-hybridized carbons (Fsp3) is 0.125. The largest absolute Gasteiger partial charge is 0.495 e. The molecule has 0 unspecified atom stereocenters. The summed E-state index contributed by atoms with van der Waals surface area (Å²) in [5.74, 6) is 0.595. The van der Waals surface area contributed by atoms with Crippen LogP contribution in [0.2, 0.25) is 10.3 Å². The molecular weight excluding hydrogens is 211 g/mol. The molecule has 1 aromatic carbocycles. The molecule has 0 aliphatic rings. The van der Waals surface area contributed by atoms with Gasteiger partial charge in [0.25, 0.3) is 0 Å². The fourth-order valence-electron chi connectivity index (χ4n) is 1.14. The standard InChI is InChI=1S/C8H6Cl2N2O/c1-13-7-3-6-5(2-4(7)9)11-8(10)12-6/h2-3H,1H3,(H,11,12). The number of nitrogens with zero attached hydrogens (tertiary/aromatic N) is 1. The van der Waals surface area contributed by atoms with Crippen LogP contribution in [0.25, 0.3) is 11.0 Å². The van der Waals surface area contributed by atoms with Crippen molar-refractivity contribution in [3.63, 3.8) is 0 Å². The molecule has 0 aliphatic heterocycles. The number of hydrogen-bond acceptors (Lipinski definition) is 2. The molecule has 3 nitrogen and oxygen atoms in total. The summed E-state index contributed by atoms with van der Waals surface area (Å²) in [5.41, 5.74) is 1.54. The Balaban J connectivity index is 2.72. The molecule has 0 atom stereocenters. The lowest BCUT2D eigenvalue weighted by Crippen LogP contribution is -1.83. The summed E-state index contributed by atoms with van der Waals surface area (Å²) in [6, 6.07) is 3.47. The molecule has 1 N–H and O–H groups in total. The minimum atomic E-state index is 0.347. The van der Waals surface area contributed by atoms with E-state index in [0.29, 0.717) is 16.1 Å². The molecule has 5 heteroatoms. The van der Waals surface area contributed by atoms with E-state index < -0.39 is 0 Å². The van der Waals surface area contributed by atoms with Gasteiger partial charge >= 0.3 is 0 Å². The van der Waals surface area contributed by atoms with E-state index in [-0.39, 0.29) is 0 Å². The molecule has 0 spiro atoms. The highest BCUT2D eigenvalue weighted by Gasteiger charge is 2.06. The second-order valence-electron chi connectivity index (χ2n) is 2.53. The lowest BCUT2D eigenvalue weighted by molar-refractivity contribution is 0.415. The summed E-state index contributed by atoms with van der Waals surface area (Å²) in [4.78, 5) is 6.90. The second-order valence-corrected chi connectivity index (χ2v) is 3.30. The zero-order valence-corrected chi connectivity index (χ0v) is 8.28. The Hall–Kier alpha value is -0.930. The molecule has 1 heterocycles. The number of hydrogen-bond donors (Lipinski definition) is 1. The van der Waals surface area contributed by atoms with Crippen molar-refractivity contribution in [1.29, 1.82) is 0 Å². The van der Waals surface area contributed by atoms with Crippen LogP contribution in [0.4, 0.5) is 0 Å². The van der Waals surface area contributed by atoms with Crippen LogP contribution in [0.5, 0.6) is 5.75 Å². The third-order valence-electron chi connectivity index (χ3n) is 1.73. The third-order valence-corrected chi connectivity index (χ3v) is 2.20. The number of benzene rings is 1. The highest BCUT2D eigenvalue weighted by atomic mass is 35.5. The monoisotopic (exact) mass is 216 g/mol. The second kappa shape index (κ2) is 3.09. The summed E-state index contributed by atoms with van der Waals surface area (Å²) in [6.45, 7) is 0. The van der Waals surface area contributed by atoms with Gasteiger partial charge in [-0.1, -0.05) is 11.6 Å². The van der Waals surface area contributed by atoms with E-state index in [2.05, 4.69) is 9.97 Å². The van der Waals surface area contributed by atoms with Gasteiger partial charge in [0.05, 0.1) is 23.2 Å². The Bertz CT molecular complexity index is 453. The molecule has 2 rings (SSSR count). The number of imidazole rings is 1. The molecule has 0 bridgehead atoms. The van der Waals surface area contributed by atoms with Crippen LogP contribution >= 0.6 is 23.2 Å². The highest BCUT2D eigenvalue weighted by molar-refractivity contribution is 6.33. The number of aromatic amines is 1. The van der Waals surface area contributed by atoms with Gasteiger partial charge < -0.3 is 9.72 Å². The zero-order chi connectivity index (χ0) is 9.42. The minimum absolute atomic E-state index is 0.347. The smallest absolute Gasteiger partial charge is 0.201 e. The number of rotatable bonds is 1. The maximum atomic E-state index is 5.90. The number of H-pyrrole nitrogens is 1. The van der Waals surface area contributed by atoms with Crippen molar-refractivity contribution in [2.24, 2.45) is 0 Å². The Kier molecular flexibility index (Phi) is 2.06. The number of nitrogens with one attached hydrogen (secondary N) is 1. The van der Waals surface area contributed by atoms with Gasteiger partial charge in [-0.3, -0.25) is 0 Å². The molecule has 0 radical (unpaired) electrons. The molecule has 0 saturated carbocycles. The Morgan fingerprint density at radius 3 is 2.85 bits per heavy atom. The first-order chi connectivity index (χ1) is 6.20. The molecule has 1 aromatic heterocycles. The van der Waals surface area contributed by atoms with Crippen LogP contribution in [0.3, 0.4) is 0 Å². The van der Waals surface area contributed by atoms with E-state index in [1.54, 1.807) is 19.2 Å². The summed E-state index contributed by atoms with van der Waals surface area (Å²) in [5, 5.41) is 0.884. The Morgan fingerprint density at radius 2 is 2.15 bits per heavy atom. The van der Waals surface area contributed by atoms with Crippen LogP contribution in [0, 0.1) is 0 Å². The van der Waals surface area contributed by atoms with E-state index in [1.165, 1.54) is 0 Å². The number of ether oxygens (including phenoxy) is 1. The van der Waals surface area contributed by atoms with E-state index in [4.69, 9.17) is 27.9 Å². The van der Waals surface area contributed by atoms with Crippen LogP contribution in [-0.4, -0.2) is 17.1 Å². The first kappa shape index (κ1) is 8.66.